The molecule has 1 nitrogen and oxygen atoms in total. The van der Waals surface area contributed by atoms with Crippen molar-refractivity contribution in [1.82, 2.24) is 0 Å². The molecule has 1 N–H and O–H groups in total. The number of rotatable bonds is 2. The average molecular weight is 335 g/mol. The molecule has 21 heavy (non-hydrogen) atoms. The van der Waals surface area contributed by atoms with E-state index in [-0.39, 0.29) is 0 Å². The molecule has 0 aliphatic rings. The second-order valence-corrected chi connectivity index (χ2v) is 12.0. The van der Waals surface area contributed by atoms with E-state index in [4.69, 9.17) is 4.80 Å². The van der Waals surface area contributed by atoms with Gasteiger partial charge in [-0.25, -0.2) is 0 Å². The van der Waals surface area contributed by atoms with Crippen LogP contribution < -0.4 is 10.4 Å². The predicted octanol–water partition coefficient (Wildman–Crippen LogP) is 1.87. The minimum atomic E-state index is -0.583. The van der Waals surface area contributed by atoms with Crippen LogP contribution in [0.1, 0.15) is 0 Å². The first-order chi connectivity index (χ1) is 10.0. The quantitative estimate of drug-likeness (QED) is 0.831. The normalized spacial score (nSPS) is 10.1. The van der Waals surface area contributed by atoms with E-state index in [1.165, 1.54) is 0 Å². The summed E-state index contributed by atoms with van der Waals surface area (Å²) in [5, 5.41) is 3.11. The molecule has 0 heterocycles. The minimum Gasteiger partial charge on any atom is -0.438 e. The van der Waals surface area contributed by atoms with Crippen molar-refractivity contribution >= 4 is 37.7 Å². The zero-order valence-corrected chi connectivity index (χ0v) is 17.8. The van der Waals surface area contributed by atoms with Crippen LogP contribution in [0.15, 0.2) is 60.7 Å². The van der Waals surface area contributed by atoms with Crippen LogP contribution in [-0.4, -0.2) is 32.2 Å². The van der Waals surface area contributed by atoms with Gasteiger partial charge >= 0.3 is 0 Å². The summed E-state index contributed by atoms with van der Waals surface area (Å²) in [6, 6.07) is 21.5. The van der Waals surface area contributed by atoms with Gasteiger partial charge in [0, 0.05) is 0 Å². The molecule has 2 aromatic rings. The van der Waals surface area contributed by atoms with Crippen LogP contribution in [0.2, 0.25) is 32.7 Å². The van der Waals surface area contributed by atoms with E-state index in [0.29, 0.717) is 0 Å². The van der Waals surface area contributed by atoms with Crippen molar-refractivity contribution in [2.75, 3.05) is 0 Å². The maximum Gasteiger partial charge on any atom is 0.153 e. The molecular formula is C17H30OSi3. The van der Waals surface area contributed by atoms with Crippen molar-refractivity contribution in [2.24, 2.45) is 0 Å². The molecule has 0 spiro atoms. The predicted molar refractivity (Wildman–Crippen MR) is 107 cm³/mol. The van der Waals surface area contributed by atoms with Gasteiger partial charge in [0.1, 0.15) is 0 Å². The summed E-state index contributed by atoms with van der Waals surface area (Å²) in [7, 11) is -1.64. The first kappa shape index (κ1) is 20.1. The molecule has 116 valence electrons. The molecule has 0 saturated heterocycles. The van der Waals surface area contributed by atoms with Crippen LogP contribution in [-0.2, 0) is 0 Å². The molecule has 2 rings (SSSR count). The molecule has 2 aromatic carbocycles. The fourth-order valence-electron chi connectivity index (χ4n) is 1.68. The Morgan fingerprint density at radius 2 is 0.905 bits per heavy atom. The SMILES string of the molecule is C[SiH2]O.C[SiH](C)c1ccccc1.C[SiH](C)c1ccccc1. The van der Waals surface area contributed by atoms with E-state index in [1.54, 1.807) is 10.4 Å². The Morgan fingerprint density at radius 3 is 1.05 bits per heavy atom. The lowest BCUT2D eigenvalue weighted by Gasteiger charge is -1.99. The average Bonchev–Trinajstić information content (AvgIpc) is 2.50. The fraction of sp³-hybridized carbons (Fsp3) is 0.294. The van der Waals surface area contributed by atoms with Crippen LogP contribution in [0.3, 0.4) is 0 Å². The van der Waals surface area contributed by atoms with E-state index in [9.17, 15) is 0 Å². The highest BCUT2D eigenvalue weighted by atomic mass is 28.3. The van der Waals surface area contributed by atoms with Crippen molar-refractivity contribution in [3.63, 3.8) is 0 Å². The summed E-state index contributed by atoms with van der Waals surface area (Å²) < 4.78 is 0. The molecule has 0 aliphatic heterocycles. The van der Waals surface area contributed by atoms with Gasteiger partial charge in [0.25, 0.3) is 0 Å². The van der Waals surface area contributed by atoms with Gasteiger partial charge in [0.05, 0.1) is 17.6 Å². The topological polar surface area (TPSA) is 20.2 Å². The summed E-state index contributed by atoms with van der Waals surface area (Å²) in [5.74, 6) is 0. The molecule has 0 bridgehead atoms. The minimum absolute atomic E-state index is 0.529. The molecule has 0 unspecified atom stereocenters. The van der Waals surface area contributed by atoms with E-state index in [1.807, 2.05) is 6.55 Å². The van der Waals surface area contributed by atoms with Crippen molar-refractivity contribution in [3.8, 4) is 0 Å². The lowest BCUT2D eigenvalue weighted by atomic mass is 10.4. The second kappa shape index (κ2) is 12.8. The van der Waals surface area contributed by atoms with Crippen LogP contribution in [0.5, 0.6) is 0 Å². The van der Waals surface area contributed by atoms with Gasteiger partial charge in [0.2, 0.25) is 0 Å². The summed E-state index contributed by atoms with van der Waals surface area (Å²) in [6.45, 7) is 11.2. The third-order valence-corrected chi connectivity index (χ3v) is 6.37. The Balaban J connectivity index is 0.000000322. The third-order valence-electron chi connectivity index (χ3n) is 2.93. The van der Waals surface area contributed by atoms with Crippen LogP contribution in [0, 0.1) is 0 Å². The highest BCUT2D eigenvalue weighted by molar-refractivity contribution is 6.71. The Labute approximate surface area is 136 Å². The molecule has 0 fully saturated rings. The van der Waals surface area contributed by atoms with Crippen molar-refractivity contribution < 1.29 is 4.80 Å². The first-order valence-electron chi connectivity index (χ1n) is 7.73. The highest BCUT2D eigenvalue weighted by Gasteiger charge is 1.96. The van der Waals surface area contributed by atoms with Gasteiger partial charge in [-0.1, -0.05) is 104 Å². The molecule has 0 radical (unpaired) electrons. The van der Waals surface area contributed by atoms with E-state index >= 15 is 0 Å². The Bertz CT molecular complexity index is 401. The van der Waals surface area contributed by atoms with Crippen molar-refractivity contribution in [1.29, 1.82) is 0 Å². The van der Waals surface area contributed by atoms with Crippen molar-refractivity contribution in [2.45, 2.75) is 32.7 Å². The van der Waals surface area contributed by atoms with Gasteiger partial charge in [-0.3, -0.25) is 0 Å². The molecule has 0 aromatic heterocycles. The molecule has 0 aliphatic carbocycles. The Hall–Kier alpha value is -0.949. The summed E-state index contributed by atoms with van der Waals surface area (Å²) >= 11 is 0. The van der Waals surface area contributed by atoms with E-state index in [0.717, 1.165) is 0 Å². The van der Waals surface area contributed by atoms with Crippen LogP contribution >= 0.6 is 0 Å². The summed E-state index contributed by atoms with van der Waals surface area (Å²) in [4.78, 5) is 7.71. The standard InChI is InChI=1S/2C8H12Si.CH6OSi/c2*1-9(2)8-6-4-3-5-7-8;1-3-2/h2*3-7,9H,1-2H3;2H,3H2,1H3. The second-order valence-electron chi connectivity index (χ2n) is 5.45. The van der Waals surface area contributed by atoms with Gasteiger partial charge in [-0.15, -0.1) is 0 Å². The Kier molecular flexibility index (Phi) is 12.2. The lowest BCUT2D eigenvalue weighted by Crippen LogP contribution is -2.21. The lowest BCUT2D eigenvalue weighted by molar-refractivity contribution is 0.610. The third kappa shape index (κ3) is 10.4. The molecular weight excluding hydrogens is 304 g/mol. The van der Waals surface area contributed by atoms with Gasteiger partial charge in [-0.05, 0) is 0 Å². The highest BCUT2D eigenvalue weighted by Crippen LogP contribution is 1.86. The zero-order valence-electron chi connectivity index (χ0n) is 14.1. The van der Waals surface area contributed by atoms with Crippen molar-refractivity contribution in [3.05, 3.63) is 60.7 Å². The smallest absolute Gasteiger partial charge is 0.153 e. The van der Waals surface area contributed by atoms with E-state index in [2.05, 4.69) is 86.9 Å². The molecule has 0 amide bonds. The maximum absolute atomic E-state index is 7.71. The molecule has 4 heteroatoms. The van der Waals surface area contributed by atoms with Crippen LogP contribution in [0.4, 0.5) is 0 Å². The van der Waals surface area contributed by atoms with Gasteiger partial charge < -0.3 is 4.80 Å². The first-order valence-corrected chi connectivity index (χ1v) is 15.6. The zero-order chi connectivity index (χ0) is 16.1. The number of hydrogen-bond acceptors (Lipinski definition) is 1. The summed E-state index contributed by atoms with van der Waals surface area (Å²) in [6.07, 6.45) is 0. The largest absolute Gasteiger partial charge is 0.438 e. The summed E-state index contributed by atoms with van der Waals surface area (Å²) in [5.41, 5.74) is 0. The maximum atomic E-state index is 7.71. The molecule has 0 atom stereocenters. The fourth-order valence-corrected chi connectivity index (χ4v) is 3.66. The number of benzene rings is 2. The van der Waals surface area contributed by atoms with E-state index < -0.39 is 27.4 Å². The monoisotopic (exact) mass is 334 g/mol. The Morgan fingerprint density at radius 1 is 0.667 bits per heavy atom. The van der Waals surface area contributed by atoms with Crippen LogP contribution in [0.25, 0.3) is 0 Å². The van der Waals surface area contributed by atoms with Gasteiger partial charge in [0.15, 0.2) is 9.76 Å². The molecule has 0 saturated carbocycles. The van der Waals surface area contributed by atoms with Gasteiger partial charge in [-0.2, -0.15) is 0 Å². The number of hydrogen-bond donors (Lipinski definition) is 1.